The third kappa shape index (κ3) is 2.17. The van der Waals surface area contributed by atoms with Crippen molar-refractivity contribution in [1.82, 2.24) is 14.6 Å². The molecule has 1 aromatic carbocycles. The summed E-state index contributed by atoms with van der Waals surface area (Å²) in [6.45, 7) is 1.71. The van der Waals surface area contributed by atoms with Crippen LogP contribution in [0.3, 0.4) is 0 Å². The Morgan fingerprint density at radius 1 is 1.27 bits per heavy atom. The first-order valence-corrected chi connectivity index (χ1v) is 7.18. The van der Waals surface area contributed by atoms with Crippen molar-refractivity contribution in [1.29, 1.82) is 0 Å². The van der Waals surface area contributed by atoms with Crippen LogP contribution in [0.1, 0.15) is 15.4 Å². The third-order valence-corrected chi connectivity index (χ3v) is 4.37. The van der Waals surface area contributed by atoms with Gasteiger partial charge in [0.1, 0.15) is 4.88 Å². The van der Waals surface area contributed by atoms with Crippen molar-refractivity contribution in [2.75, 3.05) is 14.2 Å². The SMILES string of the molecule is COc1ccc(-c2nc3sc(C(=O)O)c(C)n3n2)cc1OC. The number of hydrogen-bond acceptors (Lipinski definition) is 6. The molecule has 7 nitrogen and oxygen atoms in total. The number of aryl methyl sites for hydroxylation is 1. The monoisotopic (exact) mass is 319 g/mol. The topological polar surface area (TPSA) is 86.0 Å². The van der Waals surface area contributed by atoms with E-state index in [9.17, 15) is 4.79 Å². The second-order valence-corrected chi connectivity index (χ2v) is 5.50. The van der Waals surface area contributed by atoms with Crippen LogP contribution < -0.4 is 9.47 Å². The predicted molar refractivity (Wildman–Crippen MR) is 81.1 cm³/mol. The Bertz CT molecular complexity index is 868. The van der Waals surface area contributed by atoms with Gasteiger partial charge >= 0.3 is 5.97 Å². The number of thiazole rings is 1. The Morgan fingerprint density at radius 2 is 2.00 bits per heavy atom. The molecule has 0 spiro atoms. The van der Waals surface area contributed by atoms with E-state index in [1.165, 1.54) is 0 Å². The zero-order valence-electron chi connectivity index (χ0n) is 12.2. The maximum absolute atomic E-state index is 11.1. The highest BCUT2D eigenvalue weighted by Crippen LogP contribution is 2.32. The number of carbonyl (C=O) groups is 1. The van der Waals surface area contributed by atoms with Crippen LogP contribution in [-0.4, -0.2) is 39.9 Å². The molecule has 114 valence electrons. The normalized spacial score (nSPS) is 10.9. The lowest BCUT2D eigenvalue weighted by molar-refractivity contribution is 0.0701. The smallest absolute Gasteiger partial charge is 0.347 e. The number of benzene rings is 1. The number of nitrogens with zero attached hydrogens (tertiary/aromatic N) is 3. The molecule has 0 unspecified atom stereocenters. The van der Waals surface area contributed by atoms with Gasteiger partial charge in [0.15, 0.2) is 17.3 Å². The van der Waals surface area contributed by atoms with Gasteiger partial charge in [0, 0.05) is 5.56 Å². The molecule has 0 aliphatic carbocycles. The molecule has 2 heterocycles. The number of methoxy groups -OCH3 is 2. The van der Waals surface area contributed by atoms with E-state index in [4.69, 9.17) is 14.6 Å². The molecule has 2 aromatic heterocycles. The average molecular weight is 319 g/mol. The Morgan fingerprint density at radius 3 is 2.59 bits per heavy atom. The van der Waals surface area contributed by atoms with Crippen molar-refractivity contribution >= 4 is 22.3 Å². The zero-order chi connectivity index (χ0) is 15.9. The van der Waals surface area contributed by atoms with Gasteiger partial charge in [-0.1, -0.05) is 11.3 Å². The number of ether oxygens (including phenoxy) is 2. The first kappa shape index (κ1) is 14.3. The highest BCUT2D eigenvalue weighted by molar-refractivity contribution is 7.18. The molecular formula is C14H13N3O4S. The summed E-state index contributed by atoms with van der Waals surface area (Å²) in [7, 11) is 3.13. The molecule has 0 radical (unpaired) electrons. The quantitative estimate of drug-likeness (QED) is 0.795. The van der Waals surface area contributed by atoms with E-state index in [-0.39, 0.29) is 4.88 Å². The second-order valence-electron chi connectivity index (χ2n) is 4.52. The summed E-state index contributed by atoms with van der Waals surface area (Å²) in [4.78, 5) is 16.3. The number of hydrogen-bond donors (Lipinski definition) is 1. The molecule has 8 heteroatoms. The number of fused-ring (bicyclic) bond motifs is 1. The molecule has 0 saturated carbocycles. The van der Waals surface area contributed by atoms with Gasteiger partial charge in [-0.25, -0.2) is 9.31 Å². The van der Waals surface area contributed by atoms with Crippen molar-refractivity contribution in [3.63, 3.8) is 0 Å². The fourth-order valence-corrected chi connectivity index (χ4v) is 3.04. The maximum Gasteiger partial charge on any atom is 0.347 e. The van der Waals surface area contributed by atoms with Gasteiger partial charge in [-0.15, -0.1) is 5.10 Å². The molecule has 0 atom stereocenters. The Labute approximate surface area is 129 Å². The van der Waals surface area contributed by atoms with E-state index in [1.807, 2.05) is 6.07 Å². The summed E-state index contributed by atoms with van der Waals surface area (Å²) in [5.41, 5.74) is 1.33. The van der Waals surface area contributed by atoms with Gasteiger partial charge in [0.05, 0.1) is 19.9 Å². The van der Waals surface area contributed by atoms with Gasteiger partial charge in [-0.2, -0.15) is 4.98 Å². The van der Waals surface area contributed by atoms with Crippen LogP contribution >= 0.6 is 11.3 Å². The molecule has 3 aromatic rings. The summed E-state index contributed by atoms with van der Waals surface area (Å²) in [5.74, 6) is 0.743. The molecule has 0 aliphatic rings. The Hall–Kier alpha value is -2.61. The second kappa shape index (κ2) is 5.30. The first-order valence-electron chi connectivity index (χ1n) is 6.37. The van der Waals surface area contributed by atoms with Crippen molar-refractivity contribution in [3.8, 4) is 22.9 Å². The minimum Gasteiger partial charge on any atom is -0.493 e. The van der Waals surface area contributed by atoms with E-state index in [2.05, 4.69) is 10.1 Å². The fourth-order valence-electron chi connectivity index (χ4n) is 2.14. The van der Waals surface area contributed by atoms with Gasteiger partial charge in [0.25, 0.3) is 0 Å². The highest BCUT2D eigenvalue weighted by Gasteiger charge is 2.19. The minimum atomic E-state index is -0.970. The predicted octanol–water partition coefficient (Wildman–Crippen LogP) is 2.48. The van der Waals surface area contributed by atoms with Gasteiger partial charge in [-0.05, 0) is 25.1 Å². The van der Waals surface area contributed by atoms with E-state index >= 15 is 0 Å². The van der Waals surface area contributed by atoms with E-state index in [0.717, 1.165) is 16.9 Å². The minimum absolute atomic E-state index is 0.244. The van der Waals surface area contributed by atoms with Crippen LogP contribution in [0.15, 0.2) is 18.2 Å². The van der Waals surface area contributed by atoms with Gasteiger partial charge < -0.3 is 14.6 Å². The molecule has 0 fully saturated rings. The zero-order valence-corrected chi connectivity index (χ0v) is 13.0. The summed E-state index contributed by atoms with van der Waals surface area (Å²) < 4.78 is 12.0. The lowest BCUT2D eigenvalue weighted by atomic mass is 10.2. The lowest BCUT2D eigenvalue weighted by Gasteiger charge is -2.07. The molecule has 0 saturated heterocycles. The molecule has 0 aliphatic heterocycles. The maximum atomic E-state index is 11.1. The molecule has 1 N–H and O–H groups in total. The molecular weight excluding hydrogens is 306 g/mol. The number of carboxylic acids is 1. The van der Waals surface area contributed by atoms with E-state index < -0.39 is 5.97 Å². The van der Waals surface area contributed by atoms with Crippen LogP contribution in [0.25, 0.3) is 16.3 Å². The largest absolute Gasteiger partial charge is 0.493 e. The Balaban J connectivity index is 2.09. The molecule has 22 heavy (non-hydrogen) atoms. The summed E-state index contributed by atoms with van der Waals surface area (Å²) >= 11 is 1.10. The van der Waals surface area contributed by atoms with Gasteiger partial charge in [0.2, 0.25) is 4.96 Å². The van der Waals surface area contributed by atoms with Crippen LogP contribution in [0.5, 0.6) is 11.5 Å². The van der Waals surface area contributed by atoms with Gasteiger partial charge in [-0.3, -0.25) is 0 Å². The number of aromatic carboxylic acids is 1. The summed E-state index contributed by atoms with van der Waals surface area (Å²) in [6.07, 6.45) is 0. The highest BCUT2D eigenvalue weighted by atomic mass is 32.1. The first-order chi connectivity index (χ1) is 10.5. The van der Waals surface area contributed by atoms with E-state index in [1.54, 1.807) is 37.8 Å². The summed E-state index contributed by atoms with van der Waals surface area (Å²) in [5, 5.41) is 13.5. The molecule has 0 bridgehead atoms. The van der Waals surface area contributed by atoms with Crippen molar-refractivity contribution in [2.45, 2.75) is 6.92 Å². The van der Waals surface area contributed by atoms with Crippen molar-refractivity contribution in [3.05, 3.63) is 28.8 Å². The van der Waals surface area contributed by atoms with Crippen LogP contribution in [0.4, 0.5) is 0 Å². The number of carboxylic acid groups (broad SMARTS) is 1. The Kier molecular flexibility index (Phi) is 3.45. The van der Waals surface area contributed by atoms with Crippen LogP contribution in [-0.2, 0) is 0 Å². The number of rotatable bonds is 4. The van der Waals surface area contributed by atoms with Crippen LogP contribution in [0, 0.1) is 6.92 Å². The summed E-state index contributed by atoms with van der Waals surface area (Å²) in [6, 6.07) is 5.39. The van der Waals surface area contributed by atoms with Crippen LogP contribution in [0.2, 0.25) is 0 Å². The molecule has 3 rings (SSSR count). The third-order valence-electron chi connectivity index (χ3n) is 3.25. The van der Waals surface area contributed by atoms with E-state index in [0.29, 0.717) is 28.0 Å². The van der Waals surface area contributed by atoms with Crippen molar-refractivity contribution < 1.29 is 19.4 Å². The fraction of sp³-hybridized carbons (Fsp3) is 0.214. The molecule has 0 amide bonds. The van der Waals surface area contributed by atoms with Crippen molar-refractivity contribution in [2.24, 2.45) is 0 Å². The lowest BCUT2D eigenvalue weighted by Crippen LogP contribution is -1.98. The average Bonchev–Trinajstić information content (AvgIpc) is 3.06. The number of aromatic nitrogens is 3. The standard InChI is InChI=1S/C14H13N3O4S/c1-7-11(13(18)19)22-14-15-12(16-17(7)14)8-4-5-9(20-2)10(6-8)21-3/h4-6H,1-3H3,(H,18,19).